The Morgan fingerprint density at radius 2 is 1.90 bits per heavy atom. The lowest BCUT2D eigenvalue weighted by molar-refractivity contribution is -0.940. The molecule has 0 spiro atoms. The number of carbonyl (C=O) groups is 5. The van der Waals surface area contributed by atoms with Gasteiger partial charge in [-0.05, 0) is 6.92 Å². The van der Waals surface area contributed by atoms with Crippen LogP contribution in [0.2, 0.25) is 4.34 Å². The number of piperidine rings is 3. The van der Waals surface area contributed by atoms with Gasteiger partial charge in [0.25, 0.3) is 11.8 Å². The van der Waals surface area contributed by atoms with Gasteiger partial charge in [0.1, 0.15) is 33.7 Å². The molecule has 0 saturated carbocycles. The number of rotatable bonds is 10. The molecule has 3 atom stereocenters. The van der Waals surface area contributed by atoms with Crippen LogP contribution in [-0.2, 0) is 28.8 Å². The fourth-order valence-corrected chi connectivity index (χ4v) is 8.19. The van der Waals surface area contributed by atoms with Crippen LogP contribution in [0.25, 0.3) is 0 Å². The zero-order valence-corrected chi connectivity index (χ0v) is 24.8. The number of thioether (sulfide) groups is 1. The number of carbonyl (C=O) groups excluding carboxylic acids is 3. The Morgan fingerprint density at radius 3 is 2.43 bits per heavy atom. The number of primary amides is 1. The zero-order chi connectivity index (χ0) is 30.6. The summed E-state index contributed by atoms with van der Waals surface area (Å²) >= 11 is 8.34. The number of carboxylic acids is 2. The molecule has 42 heavy (non-hydrogen) atoms. The van der Waals surface area contributed by atoms with E-state index in [0.717, 1.165) is 11.3 Å². The molecule has 18 heteroatoms. The Morgan fingerprint density at radius 1 is 1.26 bits per heavy atom. The topological polar surface area (TPSA) is 228 Å². The largest absolute Gasteiger partial charge is 0.478 e. The fourth-order valence-electron chi connectivity index (χ4n) is 5.92. The Balaban J connectivity index is 1.34. The first-order valence-electron chi connectivity index (χ1n) is 13.0. The maximum Gasteiger partial charge on any atom is 0.352 e. The summed E-state index contributed by atoms with van der Waals surface area (Å²) in [7, 11) is 0. The van der Waals surface area contributed by atoms with Crippen LogP contribution < -0.4 is 16.8 Å². The van der Waals surface area contributed by atoms with Gasteiger partial charge >= 0.3 is 11.9 Å². The van der Waals surface area contributed by atoms with Gasteiger partial charge in [-0.3, -0.25) is 19.3 Å². The molecule has 2 unspecified atom stereocenters. The summed E-state index contributed by atoms with van der Waals surface area (Å²) in [6.45, 7) is 3.75. The summed E-state index contributed by atoms with van der Waals surface area (Å²) in [5, 5.41) is 24.7. The van der Waals surface area contributed by atoms with Gasteiger partial charge in [-0.25, -0.2) is 14.6 Å². The molecule has 226 valence electrons. The average molecular weight is 643 g/mol. The predicted octanol–water partition coefficient (Wildman–Crippen LogP) is -0.203. The van der Waals surface area contributed by atoms with E-state index in [1.165, 1.54) is 23.6 Å². The highest BCUT2D eigenvalue weighted by molar-refractivity contribution is 8.00. The summed E-state index contributed by atoms with van der Waals surface area (Å²) in [5.74, 6) is -4.07. The molecule has 5 aliphatic heterocycles. The highest BCUT2D eigenvalue weighted by Crippen LogP contribution is 2.46. The van der Waals surface area contributed by atoms with Gasteiger partial charge in [-0.2, -0.15) is 0 Å². The van der Waals surface area contributed by atoms with Crippen LogP contribution in [0, 0.1) is 5.41 Å². The van der Waals surface area contributed by atoms with Gasteiger partial charge in [-0.1, -0.05) is 28.1 Å². The van der Waals surface area contributed by atoms with E-state index < -0.39 is 52.4 Å². The van der Waals surface area contributed by atoms with Crippen molar-refractivity contribution in [2.75, 3.05) is 37.7 Å². The smallest absolute Gasteiger partial charge is 0.352 e. The number of hydrogen-bond acceptors (Lipinski definition) is 11. The van der Waals surface area contributed by atoms with E-state index in [2.05, 4.69) is 15.5 Å². The van der Waals surface area contributed by atoms with Gasteiger partial charge in [0.05, 0.1) is 25.0 Å². The molecule has 2 bridgehead atoms. The van der Waals surface area contributed by atoms with Gasteiger partial charge < -0.3 is 36.3 Å². The normalized spacial score (nSPS) is 29.4. The number of oxime groups is 1. The molecule has 0 aliphatic carbocycles. The molecule has 4 saturated heterocycles. The number of β-lactam (4-membered cyclic amide) rings is 1. The SMILES string of the molecule is C[C@H](O/N=C(\C(=O)NC1C(=O)N2C(C(=O)O)=C(C[N+]34CCC(C(N)=O)(CC3)CC4)CSC12)c1nc(N)sc1Cl)C(=O)O. The van der Waals surface area contributed by atoms with Gasteiger partial charge in [-0.15, -0.1) is 11.8 Å². The molecule has 6 rings (SSSR count). The minimum absolute atomic E-state index is 0.00156. The van der Waals surface area contributed by atoms with E-state index >= 15 is 0 Å². The highest BCUT2D eigenvalue weighted by atomic mass is 35.5. The second-order valence-corrected chi connectivity index (χ2v) is 13.6. The number of nitrogens with two attached hydrogens (primary N) is 2. The summed E-state index contributed by atoms with van der Waals surface area (Å²) in [6.07, 6.45) is 0.547. The number of fused-ring (bicyclic) bond motifs is 4. The number of halogens is 1. The van der Waals surface area contributed by atoms with Crippen molar-refractivity contribution in [1.82, 2.24) is 15.2 Å². The number of amides is 3. The van der Waals surface area contributed by atoms with Crippen LogP contribution in [0.15, 0.2) is 16.4 Å². The minimum atomic E-state index is -1.41. The van der Waals surface area contributed by atoms with Gasteiger partial charge in [0.15, 0.2) is 10.8 Å². The van der Waals surface area contributed by atoms with Crippen molar-refractivity contribution >= 4 is 75.2 Å². The summed E-state index contributed by atoms with van der Waals surface area (Å²) in [4.78, 5) is 72.2. The molecule has 5 aliphatic rings. The summed E-state index contributed by atoms with van der Waals surface area (Å²) in [6, 6.07) is -1.09. The van der Waals surface area contributed by atoms with Crippen molar-refractivity contribution in [3.8, 4) is 0 Å². The number of quaternary nitrogens is 1. The third-order valence-electron chi connectivity index (χ3n) is 8.47. The lowest BCUT2D eigenvalue weighted by Gasteiger charge is -2.55. The van der Waals surface area contributed by atoms with Crippen LogP contribution in [0.4, 0.5) is 5.13 Å². The molecule has 15 nitrogen and oxygen atoms in total. The van der Waals surface area contributed by atoms with Crippen LogP contribution in [-0.4, -0.2) is 109 Å². The molecule has 0 aromatic carbocycles. The predicted molar refractivity (Wildman–Crippen MR) is 151 cm³/mol. The van der Waals surface area contributed by atoms with E-state index in [1.807, 2.05) is 0 Å². The molecular weight excluding hydrogens is 614 g/mol. The highest BCUT2D eigenvalue weighted by Gasteiger charge is 2.57. The van der Waals surface area contributed by atoms with Gasteiger partial charge in [0.2, 0.25) is 12.0 Å². The van der Waals surface area contributed by atoms with Gasteiger partial charge in [0, 0.05) is 30.6 Å². The van der Waals surface area contributed by atoms with Crippen molar-refractivity contribution in [2.45, 2.75) is 43.7 Å². The van der Waals surface area contributed by atoms with E-state index in [1.54, 1.807) is 0 Å². The Kier molecular flexibility index (Phi) is 7.88. The number of thiazole rings is 1. The number of carboxylic acid groups (broad SMARTS) is 2. The molecule has 0 radical (unpaired) electrons. The summed E-state index contributed by atoms with van der Waals surface area (Å²) in [5.41, 5.74) is 10.8. The molecule has 7 N–H and O–H groups in total. The number of hydrogen-bond donors (Lipinski definition) is 5. The number of nitrogens with zero attached hydrogens (tertiary/aromatic N) is 4. The third-order valence-corrected chi connectivity index (χ3v) is 10.9. The fraction of sp³-hybridized carbons (Fsp3) is 0.542. The second kappa shape index (κ2) is 11.0. The Hall–Kier alpha value is -3.41. The maximum absolute atomic E-state index is 13.3. The number of aliphatic carboxylic acids is 2. The van der Waals surface area contributed by atoms with Crippen LogP contribution in [0.5, 0.6) is 0 Å². The first kappa shape index (κ1) is 30.1. The van der Waals surface area contributed by atoms with Crippen molar-refractivity contribution in [2.24, 2.45) is 16.3 Å². The molecule has 4 fully saturated rings. The van der Waals surface area contributed by atoms with Crippen LogP contribution in [0.1, 0.15) is 31.9 Å². The quantitative estimate of drug-likeness (QED) is 0.0971. The summed E-state index contributed by atoms with van der Waals surface area (Å²) < 4.78 is 0.638. The van der Waals surface area contributed by atoms with E-state index in [0.29, 0.717) is 61.3 Å². The average Bonchev–Trinajstić information content (AvgIpc) is 3.28. The number of anilines is 1. The first-order chi connectivity index (χ1) is 19.8. The zero-order valence-electron chi connectivity index (χ0n) is 22.4. The van der Waals surface area contributed by atoms with E-state index in [-0.39, 0.29) is 26.8 Å². The standard InChI is InChI=1S/C24H28ClN7O8S2/c1-10(20(35)36)40-30-13(12-16(25)42-23(27)29-12)17(33)28-14-18(34)31-15(21(37)38)11(9-41-19(14)31)8-32-5-2-24(3-6-32,4-7-32)22(26)39/h10,14,19H,2-9H2,1H3,(H6-,26,27,28,29,33,35,36,37,38,39)/p+1/b30-13-/t10-,14?,19?,24?,32?/m0/s1. The van der Waals surface area contributed by atoms with Crippen LogP contribution >= 0.6 is 34.7 Å². The van der Waals surface area contributed by atoms with Crippen molar-refractivity contribution in [1.29, 1.82) is 0 Å². The lowest BCUT2D eigenvalue weighted by Crippen LogP contribution is -2.71. The van der Waals surface area contributed by atoms with Crippen LogP contribution in [0.3, 0.4) is 0 Å². The lowest BCUT2D eigenvalue weighted by atomic mass is 9.70. The van der Waals surface area contributed by atoms with E-state index in [4.69, 9.17) is 33.0 Å². The van der Waals surface area contributed by atoms with Crippen molar-refractivity contribution in [3.05, 3.63) is 21.3 Å². The molecule has 6 heterocycles. The number of nitrogens with one attached hydrogen (secondary N) is 1. The maximum atomic E-state index is 13.3. The molecule has 1 aromatic heterocycles. The van der Waals surface area contributed by atoms with E-state index in [9.17, 15) is 29.1 Å². The number of aromatic nitrogens is 1. The Labute approximate surface area is 252 Å². The molecule has 1 aromatic rings. The van der Waals surface area contributed by atoms with Crippen molar-refractivity contribution in [3.63, 3.8) is 0 Å². The number of nitrogen functional groups attached to an aromatic ring is 1. The third kappa shape index (κ3) is 5.18. The second-order valence-electron chi connectivity index (χ2n) is 10.9. The van der Waals surface area contributed by atoms with Crippen molar-refractivity contribution < 1.29 is 43.5 Å². The minimum Gasteiger partial charge on any atom is -0.478 e. The molecular formula is C24H29ClN7O8S2+. The monoisotopic (exact) mass is 642 g/mol. The molecule has 3 amide bonds. The first-order valence-corrected chi connectivity index (χ1v) is 15.3. The Bertz CT molecular complexity index is 1420.